The maximum atomic E-state index is 12.5. The molecular weight excluding hydrogens is 368 g/mol. The molecule has 0 aliphatic heterocycles. The van der Waals surface area contributed by atoms with E-state index in [2.05, 4.69) is 5.32 Å². The van der Waals surface area contributed by atoms with E-state index in [1.807, 2.05) is 32.0 Å². The fourth-order valence-electron chi connectivity index (χ4n) is 2.58. The predicted octanol–water partition coefficient (Wildman–Crippen LogP) is 3.97. The second-order valence-electron chi connectivity index (χ2n) is 6.11. The van der Waals surface area contributed by atoms with Gasteiger partial charge in [-0.15, -0.1) is 0 Å². The van der Waals surface area contributed by atoms with Gasteiger partial charge in [-0.1, -0.05) is 17.7 Å². The van der Waals surface area contributed by atoms with Crippen molar-refractivity contribution < 1.29 is 19.1 Å². The molecule has 0 fully saturated rings. The molecule has 0 saturated heterocycles. The van der Waals surface area contributed by atoms with Gasteiger partial charge >= 0.3 is 0 Å². The highest BCUT2D eigenvalue weighted by Crippen LogP contribution is 2.38. The van der Waals surface area contributed by atoms with Gasteiger partial charge in [-0.05, 0) is 37.1 Å². The normalized spacial score (nSPS) is 10.3. The molecule has 0 saturated carbocycles. The molecule has 0 bridgehead atoms. The zero-order valence-corrected chi connectivity index (χ0v) is 16.8. The van der Waals surface area contributed by atoms with Gasteiger partial charge in [0.15, 0.2) is 0 Å². The van der Waals surface area contributed by atoms with Crippen molar-refractivity contribution in [2.45, 2.75) is 20.8 Å². The van der Waals surface area contributed by atoms with Gasteiger partial charge in [0.25, 0.3) is 0 Å². The predicted molar refractivity (Wildman–Crippen MR) is 107 cm³/mol. The van der Waals surface area contributed by atoms with E-state index in [0.29, 0.717) is 27.9 Å². The number of benzene rings is 2. The zero-order chi connectivity index (χ0) is 20.1. The monoisotopic (exact) mass is 390 g/mol. The highest BCUT2D eigenvalue weighted by molar-refractivity contribution is 6.32. The summed E-state index contributed by atoms with van der Waals surface area (Å²) in [6.07, 6.45) is 0. The smallest absolute Gasteiger partial charge is 0.244 e. The molecule has 27 heavy (non-hydrogen) atoms. The van der Waals surface area contributed by atoms with E-state index in [1.165, 1.54) is 26.0 Å². The molecule has 0 spiro atoms. The van der Waals surface area contributed by atoms with Crippen LogP contribution in [-0.4, -0.2) is 32.6 Å². The Hall–Kier alpha value is -2.73. The van der Waals surface area contributed by atoms with Crippen LogP contribution in [0.3, 0.4) is 0 Å². The SMILES string of the molecule is COc1cc(N(CC(=O)Nc2ccc(C)c(C)c2)C(C)=O)c(OC)cc1Cl. The van der Waals surface area contributed by atoms with Crippen molar-refractivity contribution >= 4 is 34.8 Å². The van der Waals surface area contributed by atoms with Crippen LogP contribution < -0.4 is 19.7 Å². The van der Waals surface area contributed by atoms with Gasteiger partial charge in [-0.25, -0.2) is 0 Å². The Morgan fingerprint density at radius 3 is 2.26 bits per heavy atom. The summed E-state index contributed by atoms with van der Waals surface area (Å²) in [6, 6.07) is 8.76. The Bertz CT molecular complexity index is 867. The molecule has 0 radical (unpaired) electrons. The van der Waals surface area contributed by atoms with Crippen molar-refractivity contribution in [3.05, 3.63) is 46.5 Å². The van der Waals surface area contributed by atoms with E-state index in [0.717, 1.165) is 11.1 Å². The van der Waals surface area contributed by atoms with Crippen LogP contribution in [0, 0.1) is 13.8 Å². The van der Waals surface area contributed by atoms with E-state index in [-0.39, 0.29) is 18.4 Å². The summed E-state index contributed by atoms with van der Waals surface area (Å²) in [6.45, 7) is 5.17. The lowest BCUT2D eigenvalue weighted by atomic mass is 10.1. The lowest BCUT2D eigenvalue weighted by molar-refractivity contribution is -0.120. The molecule has 2 rings (SSSR count). The molecule has 2 aromatic rings. The number of methoxy groups -OCH3 is 2. The largest absolute Gasteiger partial charge is 0.495 e. The Kier molecular flexibility index (Phi) is 6.69. The van der Waals surface area contributed by atoms with Crippen molar-refractivity contribution in [2.75, 3.05) is 31.0 Å². The van der Waals surface area contributed by atoms with Crippen LogP contribution in [0.25, 0.3) is 0 Å². The molecule has 2 aromatic carbocycles. The van der Waals surface area contributed by atoms with Gasteiger partial charge in [0.1, 0.15) is 18.0 Å². The fraction of sp³-hybridized carbons (Fsp3) is 0.300. The molecule has 0 unspecified atom stereocenters. The summed E-state index contributed by atoms with van der Waals surface area (Å²) in [4.78, 5) is 26.0. The molecule has 7 heteroatoms. The topological polar surface area (TPSA) is 67.9 Å². The number of amides is 2. The number of hydrogen-bond acceptors (Lipinski definition) is 4. The summed E-state index contributed by atoms with van der Waals surface area (Å²) in [5.41, 5.74) is 3.28. The van der Waals surface area contributed by atoms with Crippen LogP contribution >= 0.6 is 11.6 Å². The molecule has 0 aliphatic rings. The quantitative estimate of drug-likeness (QED) is 0.810. The molecule has 0 heterocycles. The van der Waals surface area contributed by atoms with Crippen LogP contribution in [0.2, 0.25) is 5.02 Å². The number of anilines is 2. The number of carbonyl (C=O) groups excluding carboxylic acids is 2. The van der Waals surface area contributed by atoms with E-state index < -0.39 is 0 Å². The summed E-state index contributed by atoms with van der Waals surface area (Å²) >= 11 is 6.12. The Balaban J connectivity index is 2.28. The third-order valence-corrected chi connectivity index (χ3v) is 4.51. The van der Waals surface area contributed by atoms with E-state index in [1.54, 1.807) is 12.1 Å². The molecule has 144 valence electrons. The Labute approximate surface area is 164 Å². The van der Waals surface area contributed by atoms with Crippen molar-refractivity contribution in [3.63, 3.8) is 0 Å². The summed E-state index contributed by atoms with van der Waals surface area (Å²) in [5.74, 6) is 0.112. The van der Waals surface area contributed by atoms with Gasteiger partial charge in [0, 0.05) is 24.7 Å². The van der Waals surface area contributed by atoms with E-state index in [9.17, 15) is 9.59 Å². The number of nitrogens with one attached hydrogen (secondary N) is 1. The molecule has 1 N–H and O–H groups in total. The number of hydrogen-bond donors (Lipinski definition) is 1. The standard InChI is InChI=1S/C20H23ClN2O4/c1-12-6-7-15(8-13(12)2)22-20(25)11-23(14(3)24)17-10-18(26-4)16(21)9-19(17)27-5/h6-10H,11H2,1-5H3,(H,22,25). The van der Waals surface area contributed by atoms with Crippen LogP contribution in [0.1, 0.15) is 18.1 Å². The molecule has 0 aliphatic carbocycles. The van der Waals surface area contributed by atoms with Gasteiger partial charge in [0.2, 0.25) is 11.8 Å². The van der Waals surface area contributed by atoms with Crippen LogP contribution in [0.15, 0.2) is 30.3 Å². The van der Waals surface area contributed by atoms with Gasteiger partial charge in [-0.3, -0.25) is 14.5 Å². The first-order valence-electron chi connectivity index (χ1n) is 8.33. The number of nitrogens with zero attached hydrogens (tertiary/aromatic N) is 1. The average molecular weight is 391 g/mol. The first-order valence-corrected chi connectivity index (χ1v) is 8.71. The minimum Gasteiger partial charge on any atom is -0.495 e. The Morgan fingerprint density at radius 1 is 1.04 bits per heavy atom. The van der Waals surface area contributed by atoms with Crippen LogP contribution in [0.5, 0.6) is 11.5 Å². The second-order valence-corrected chi connectivity index (χ2v) is 6.52. The van der Waals surface area contributed by atoms with Crippen molar-refractivity contribution in [1.29, 1.82) is 0 Å². The number of carbonyl (C=O) groups is 2. The van der Waals surface area contributed by atoms with Crippen LogP contribution in [0.4, 0.5) is 11.4 Å². The number of aryl methyl sites for hydroxylation is 2. The number of halogens is 1. The van der Waals surface area contributed by atoms with Gasteiger partial charge < -0.3 is 14.8 Å². The molecule has 6 nitrogen and oxygen atoms in total. The van der Waals surface area contributed by atoms with Crippen molar-refractivity contribution in [2.24, 2.45) is 0 Å². The fourth-order valence-corrected chi connectivity index (χ4v) is 2.82. The molecule has 0 atom stereocenters. The maximum absolute atomic E-state index is 12.5. The molecule has 0 aromatic heterocycles. The minimum atomic E-state index is -0.329. The van der Waals surface area contributed by atoms with Crippen LogP contribution in [-0.2, 0) is 9.59 Å². The van der Waals surface area contributed by atoms with E-state index in [4.69, 9.17) is 21.1 Å². The third kappa shape index (κ3) is 4.92. The number of ether oxygens (including phenoxy) is 2. The van der Waals surface area contributed by atoms with E-state index >= 15 is 0 Å². The Morgan fingerprint density at radius 2 is 1.70 bits per heavy atom. The average Bonchev–Trinajstić information content (AvgIpc) is 2.62. The van der Waals surface area contributed by atoms with Gasteiger partial charge in [-0.2, -0.15) is 0 Å². The molecule has 2 amide bonds. The summed E-state index contributed by atoms with van der Waals surface area (Å²) < 4.78 is 10.5. The lowest BCUT2D eigenvalue weighted by Crippen LogP contribution is -2.37. The molecular formula is C20H23ClN2O4. The highest BCUT2D eigenvalue weighted by Gasteiger charge is 2.22. The van der Waals surface area contributed by atoms with Crippen molar-refractivity contribution in [3.8, 4) is 11.5 Å². The minimum absolute atomic E-state index is 0.177. The maximum Gasteiger partial charge on any atom is 0.244 e. The third-order valence-electron chi connectivity index (χ3n) is 4.22. The van der Waals surface area contributed by atoms with Crippen molar-refractivity contribution in [1.82, 2.24) is 0 Å². The zero-order valence-electron chi connectivity index (χ0n) is 16.1. The number of rotatable bonds is 6. The second kappa shape index (κ2) is 8.77. The summed E-state index contributed by atoms with van der Waals surface area (Å²) in [7, 11) is 2.94. The lowest BCUT2D eigenvalue weighted by Gasteiger charge is -2.24. The van der Waals surface area contributed by atoms with Gasteiger partial charge in [0.05, 0.1) is 24.9 Å². The first-order chi connectivity index (χ1) is 12.8. The first kappa shape index (κ1) is 20.6. The summed E-state index contributed by atoms with van der Waals surface area (Å²) in [5, 5.41) is 3.16. The highest BCUT2D eigenvalue weighted by atomic mass is 35.5.